The van der Waals surface area contributed by atoms with Crippen LogP contribution in [0.5, 0.6) is 23.5 Å². The first-order chi connectivity index (χ1) is 20.4. The minimum Gasteiger partial charge on any atom is -0.480 e. The van der Waals surface area contributed by atoms with Crippen molar-refractivity contribution in [2.24, 2.45) is 0 Å². The fourth-order valence-corrected chi connectivity index (χ4v) is 5.74. The molecule has 0 saturated carbocycles. The Hall–Kier alpha value is -4.86. The van der Waals surface area contributed by atoms with Crippen molar-refractivity contribution in [3.63, 3.8) is 0 Å². The normalized spacial score (nSPS) is 20.4. The number of carbonyl (C=O) groups is 2. The lowest BCUT2D eigenvalue weighted by molar-refractivity contribution is 0.108. The average molecular weight is 573 g/mol. The van der Waals surface area contributed by atoms with E-state index in [0.717, 1.165) is 22.3 Å². The van der Waals surface area contributed by atoms with Gasteiger partial charge < -0.3 is 18.9 Å². The zero-order chi connectivity index (χ0) is 29.4. The van der Waals surface area contributed by atoms with Gasteiger partial charge in [-0.05, 0) is 45.5 Å². The van der Waals surface area contributed by atoms with Crippen LogP contribution < -0.4 is 18.9 Å². The van der Waals surface area contributed by atoms with Crippen LogP contribution in [0.25, 0.3) is 11.1 Å². The van der Waals surface area contributed by atoms with Gasteiger partial charge in [0.1, 0.15) is 12.3 Å². The summed E-state index contributed by atoms with van der Waals surface area (Å²) in [5.74, 6) is 0.456. The maximum atomic E-state index is 15.5. The van der Waals surface area contributed by atoms with Gasteiger partial charge in [-0.15, -0.1) is 0 Å². The van der Waals surface area contributed by atoms with E-state index < -0.39 is 24.6 Å². The van der Waals surface area contributed by atoms with Crippen LogP contribution in [0.1, 0.15) is 55.2 Å². The largest absolute Gasteiger partial charge is 0.480 e. The molecule has 2 aliphatic carbocycles. The molecule has 0 radical (unpaired) electrons. The van der Waals surface area contributed by atoms with Crippen LogP contribution in [-0.4, -0.2) is 49.1 Å². The van der Waals surface area contributed by atoms with Crippen molar-refractivity contribution in [3.05, 3.63) is 94.0 Å². The lowest BCUT2D eigenvalue weighted by Gasteiger charge is -2.18. The maximum Gasteiger partial charge on any atom is 0.227 e. The van der Waals surface area contributed by atoms with Crippen molar-refractivity contribution < 1.29 is 37.3 Å². The van der Waals surface area contributed by atoms with E-state index in [4.69, 9.17) is 18.9 Å². The molecule has 42 heavy (non-hydrogen) atoms. The highest BCUT2D eigenvalue weighted by atomic mass is 19.1. The van der Waals surface area contributed by atoms with Crippen LogP contribution in [0, 0.1) is 0 Å². The summed E-state index contributed by atoms with van der Waals surface area (Å²) in [5, 5.41) is 0. The standard InChI is InChI=1S/C32H26F2N2O6/c1-39-31-17(15-37)9-11-27(35-31)41-29-21-7-3-5-19(23(21)13-25(29)33)20-6-4-8-22-24(20)14-26(34)30(22)42-28-12-10-18(16-38)32(36-28)40-2/h3-12,15-16,25-26,29-30H,13-14H2,1-2H3/t25-,26-,29-,30-/m1/s1. The summed E-state index contributed by atoms with van der Waals surface area (Å²) in [4.78, 5) is 30.8. The molecule has 214 valence electrons. The summed E-state index contributed by atoms with van der Waals surface area (Å²) in [5.41, 5.74) is 5.00. The number of carbonyl (C=O) groups excluding carboxylic acids is 2. The zero-order valence-corrected chi connectivity index (χ0v) is 22.8. The molecule has 0 bridgehead atoms. The molecule has 8 nitrogen and oxygen atoms in total. The smallest absolute Gasteiger partial charge is 0.227 e. The molecule has 0 spiro atoms. The number of methoxy groups -OCH3 is 2. The summed E-state index contributed by atoms with van der Waals surface area (Å²) in [6.45, 7) is 0. The number of pyridine rings is 2. The van der Waals surface area contributed by atoms with Crippen molar-refractivity contribution in [2.45, 2.75) is 37.4 Å². The quantitative estimate of drug-likeness (QED) is 0.232. The van der Waals surface area contributed by atoms with Gasteiger partial charge in [-0.3, -0.25) is 9.59 Å². The summed E-state index contributed by atoms with van der Waals surface area (Å²) >= 11 is 0. The van der Waals surface area contributed by atoms with Gasteiger partial charge in [-0.1, -0.05) is 36.4 Å². The van der Waals surface area contributed by atoms with Gasteiger partial charge in [0.25, 0.3) is 0 Å². The van der Waals surface area contributed by atoms with Gasteiger partial charge in [0.2, 0.25) is 23.5 Å². The molecule has 2 heterocycles. The van der Waals surface area contributed by atoms with Crippen LogP contribution in [0.4, 0.5) is 8.78 Å². The molecule has 2 aromatic heterocycles. The van der Waals surface area contributed by atoms with Crippen LogP contribution in [0.3, 0.4) is 0 Å². The van der Waals surface area contributed by atoms with E-state index in [-0.39, 0.29) is 47.5 Å². The highest BCUT2D eigenvalue weighted by Crippen LogP contribution is 2.46. The van der Waals surface area contributed by atoms with E-state index in [2.05, 4.69) is 9.97 Å². The zero-order valence-electron chi connectivity index (χ0n) is 22.8. The number of fused-ring (bicyclic) bond motifs is 2. The molecule has 6 rings (SSSR count). The number of benzene rings is 2. The fourth-order valence-electron chi connectivity index (χ4n) is 5.74. The number of hydrogen-bond donors (Lipinski definition) is 0. The van der Waals surface area contributed by atoms with Gasteiger partial charge in [0, 0.05) is 25.0 Å². The number of halogens is 2. The highest BCUT2D eigenvalue weighted by molar-refractivity contribution is 5.79. The average Bonchev–Trinajstić information content (AvgIpc) is 3.51. The second-order valence-corrected chi connectivity index (χ2v) is 10.00. The molecule has 0 unspecified atom stereocenters. The Morgan fingerprint density at radius 2 is 1.10 bits per heavy atom. The van der Waals surface area contributed by atoms with Gasteiger partial charge in [0.15, 0.2) is 24.8 Å². The van der Waals surface area contributed by atoms with Crippen molar-refractivity contribution in [1.29, 1.82) is 0 Å². The molecule has 10 heteroatoms. The SMILES string of the molecule is COc1nc(O[C@@H]2c3cccc(-c4cccc5c4C[C@@H](F)[C@@H]5Oc4ccc(C=O)c(OC)n4)c3C[C@H]2F)ccc1C=O. The number of hydrogen-bond acceptors (Lipinski definition) is 8. The molecule has 0 fully saturated rings. The van der Waals surface area contributed by atoms with E-state index in [1.165, 1.54) is 38.5 Å². The highest BCUT2D eigenvalue weighted by Gasteiger charge is 2.39. The molecule has 4 atom stereocenters. The topological polar surface area (TPSA) is 96.8 Å². The molecular weight excluding hydrogens is 546 g/mol. The lowest BCUT2D eigenvalue weighted by atomic mass is 9.91. The van der Waals surface area contributed by atoms with Crippen LogP contribution >= 0.6 is 0 Å². The van der Waals surface area contributed by atoms with Crippen molar-refractivity contribution in [2.75, 3.05) is 14.2 Å². The first kappa shape index (κ1) is 27.3. The monoisotopic (exact) mass is 572 g/mol. The number of aromatic nitrogens is 2. The number of nitrogens with zero attached hydrogens (tertiary/aromatic N) is 2. The molecule has 0 amide bonds. The molecule has 2 aromatic carbocycles. The Morgan fingerprint density at radius 1 is 0.667 bits per heavy atom. The minimum absolute atomic E-state index is 0.0932. The van der Waals surface area contributed by atoms with Crippen LogP contribution in [0.15, 0.2) is 60.7 Å². The maximum absolute atomic E-state index is 15.5. The predicted octanol–water partition coefficient (Wildman–Crippen LogP) is 5.81. The third-order valence-corrected chi connectivity index (χ3v) is 7.65. The van der Waals surface area contributed by atoms with E-state index in [9.17, 15) is 9.59 Å². The summed E-state index contributed by atoms with van der Waals surface area (Å²) in [6, 6.07) is 17.1. The Kier molecular flexibility index (Phi) is 7.28. The Labute approximate surface area is 240 Å². The lowest BCUT2D eigenvalue weighted by Crippen LogP contribution is -2.15. The number of aldehydes is 2. The van der Waals surface area contributed by atoms with E-state index in [1.807, 2.05) is 36.4 Å². The van der Waals surface area contributed by atoms with Crippen LogP contribution in [-0.2, 0) is 12.8 Å². The molecular formula is C32H26F2N2O6. The number of ether oxygens (including phenoxy) is 4. The predicted molar refractivity (Wildman–Crippen MR) is 148 cm³/mol. The Balaban J connectivity index is 1.32. The van der Waals surface area contributed by atoms with Crippen molar-refractivity contribution >= 4 is 12.6 Å². The van der Waals surface area contributed by atoms with Gasteiger partial charge >= 0.3 is 0 Å². The molecule has 4 aromatic rings. The van der Waals surface area contributed by atoms with Gasteiger partial charge in [0.05, 0.1) is 25.3 Å². The molecule has 0 N–H and O–H groups in total. The third-order valence-electron chi connectivity index (χ3n) is 7.65. The molecule has 0 aliphatic heterocycles. The third kappa shape index (κ3) is 4.72. The van der Waals surface area contributed by atoms with E-state index in [1.54, 1.807) is 0 Å². The van der Waals surface area contributed by atoms with Crippen LogP contribution in [0.2, 0.25) is 0 Å². The van der Waals surface area contributed by atoms with Crippen molar-refractivity contribution in [1.82, 2.24) is 9.97 Å². The summed E-state index contributed by atoms with van der Waals surface area (Å²) in [7, 11) is 2.78. The van der Waals surface area contributed by atoms with E-state index >= 15 is 8.78 Å². The second-order valence-electron chi connectivity index (χ2n) is 10.00. The Bertz CT molecular complexity index is 1560. The second kappa shape index (κ2) is 11.2. The summed E-state index contributed by atoms with van der Waals surface area (Å²) < 4.78 is 53.2. The van der Waals surface area contributed by atoms with Crippen molar-refractivity contribution in [3.8, 4) is 34.6 Å². The summed E-state index contributed by atoms with van der Waals surface area (Å²) in [6.07, 6.45) is -3.08. The fraction of sp³-hybridized carbons (Fsp3) is 0.250. The van der Waals surface area contributed by atoms with E-state index in [0.29, 0.717) is 23.7 Å². The van der Waals surface area contributed by atoms with Gasteiger partial charge in [-0.25, -0.2) is 8.78 Å². The minimum atomic E-state index is -1.35. The number of rotatable bonds is 9. The first-order valence-electron chi connectivity index (χ1n) is 13.3. The Morgan fingerprint density at radius 3 is 1.48 bits per heavy atom. The first-order valence-corrected chi connectivity index (χ1v) is 13.3. The van der Waals surface area contributed by atoms with Gasteiger partial charge in [-0.2, -0.15) is 9.97 Å². The molecule has 2 aliphatic rings. The molecule has 0 saturated heterocycles. The number of alkyl halides is 2.